The minimum atomic E-state index is -1.24. The molecule has 0 aromatic carbocycles. The number of allylic oxidation sites excluding steroid dienone is 1. The fraction of sp³-hybridized carbons (Fsp3) is 0.600. The van der Waals surface area contributed by atoms with Gasteiger partial charge in [-0.05, 0) is 6.92 Å². The minimum absolute atomic E-state index is 0.390. The van der Waals surface area contributed by atoms with Gasteiger partial charge in [-0.3, -0.25) is 0 Å². The predicted molar refractivity (Wildman–Crippen MR) is 56.6 cm³/mol. The standard InChI is InChI=1S/C10H18OSi/c1-5-7-10(11)8-6-9-12(2,3)4/h5,7,10-11H,8H2,1-4H3. The molecule has 0 aliphatic heterocycles. The molecule has 0 spiro atoms. The summed E-state index contributed by atoms with van der Waals surface area (Å²) in [4.78, 5) is 0. The Hall–Kier alpha value is -0.523. The first kappa shape index (κ1) is 11.5. The first-order chi connectivity index (χ1) is 5.45. The van der Waals surface area contributed by atoms with Crippen LogP contribution in [-0.4, -0.2) is 19.3 Å². The summed E-state index contributed by atoms with van der Waals surface area (Å²) in [5, 5.41) is 9.27. The first-order valence-corrected chi connectivity index (χ1v) is 7.76. The maximum atomic E-state index is 9.27. The molecule has 0 rings (SSSR count). The van der Waals surface area contributed by atoms with E-state index in [2.05, 4.69) is 31.1 Å². The average molecular weight is 182 g/mol. The minimum Gasteiger partial charge on any atom is -0.388 e. The van der Waals surface area contributed by atoms with E-state index in [1.807, 2.05) is 13.0 Å². The molecule has 1 nitrogen and oxygen atoms in total. The van der Waals surface area contributed by atoms with Crippen molar-refractivity contribution < 1.29 is 5.11 Å². The fourth-order valence-corrected chi connectivity index (χ4v) is 1.34. The summed E-state index contributed by atoms with van der Waals surface area (Å²) < 4.78 is 0. The van der Waals surface area contributed by atoms with Gasteiger partial charge in [0.25, 0.3) is 0 Å². The van der Waals surface area contributed by atoms with Crippen LogP contribution in [0.3, 0.4) is 0 Å². The lowest BCUT2D eigenvalue weighted by molar-refractivity contribution is 0.229. The lowest BCUT2D eigenvalue weighted by Gasteiger charge is -2.04. The van der Waals surface area contributed by atoms with Crippen LogP contribution in [0.15, 0.2) is 12.2 Å². The number of rotatable bonds is 2. The van der Waals surface area contributed by atoms with Gasteiger partial charge in [-0.1, -0.05) is 31.8 Å². The Bertz CT molecular complexity index is 202. The molecular weight excluding hydrogens is 164 g/mol. The van der Waals surface area contributed by atoms with E-state index in [0.29, 0.717) is 6.42 Å². The summed E-state index contributed by atoms with van der Waals surface area (Å²) in [5.74, 6) is 3.02. The van der Waals surface area contributed by atoms with Gasteiger partial charge in [0.05, 0.1) is 6.10 Å². The molecule has 0 aliphatic carbocycles. The van der Waals surface area contributed by atoms with Crippen molar-refractivity contribution in [2.75, 3.05) is 0 Å². The first-order valence-electron chi connectivity index (χ1n) is 4.26. The van der Waals surface area contributed by atoms with Gasteiger partial charge in [-0.15, -0.1) is 11.5 Å². The molecule has 0 aromatic rings. The van der Waals surface area contributed by atoms with Crippen LogP contribution in [-0.2, 0) is 0 Å². The van der Waals surface area contributed by atoms with Crippen LogP contribution < -0.4 is 0 Å². The second kappa shape index (κ2) is 5.18. The van der Waals surface area contributed by atoms with Crippen LogP contribution in [0.4, 0.5) is 0 Å². The van der Waals surface area contributed by atoms with Gasteiger partial charge in [-0.25, -0.2) is 0 Å². The molecule has 0 heterocycles. The molecule has 2 heteroatoms. The quantitative estimate of drug-likeness (QED) is 0.394. The third-order valence-electron chi connectivity index (χ3n) is 1.19. The van der Waals surface area contributed by atoms with Crippen LogP contribution in [0.25, 0.3) is 0 Å². The highest BCUT2D eigenvalue weighted by Crippen LogP contribution is 1.98. The van der Waals surface area contributed by atoms with Crippen molar-refractivity contribution in [1.29, 1.82) is 0 Å². The van der Waals surface area contributed by atoms with Crippen molar-refractivity contribution in [2.24, 2.45) is 0 Å². The number of hydrogen-bond acceptors (Lipinski definition) is 1. The highest BCUT2D eigenvalue weighted by atomic mass is 28.3. The van der Waals surface area contributed by atoms with Crippen molar-refractivity contribution in [2.45, 2.75) is 39.1 Å². The van der Waals surface area contributed by atoms with Gasteiger partial charge in [0, 0.05) is 6.42 Å². The Morgan fingerprint density at radius 2 is 2.00 bits per heavy atom. The van der Waals surface area contributed by atoms with E-state index >= 15 is 0 Å². The van der Waals surface area contributed by atoms with Crippen LogP contribution in [0.1, 0.15) is 13.3 Å². The summed E-state index contributed by atoms with van der Waals surface area (Å²) in [6, 6.07) is 0. The maximum Gasteiger partial charge on any atom is 0.129 e. The normalized spacial score (nSPS) is 14.1. The van der Waals surface area contributed by atoms with Gasteiger partial charge in [0.2, 0.25) is 0 Å². The Morgan fingerprint density at radius 1 is 1.42 bits per heavy atom. The van der Waals surface area contributed by atoms with Crippen LogP contribution >= 0.6 is 0 Å². The van der Waals surface area contributed by atoms with E-state index in [1.165, 1.54) is 0 Å². The summed E-state index contributed by atoms with van der Waals surface area (Å²) in [7, 11) is -1.24. The Labute approximate surface area is 76.5 Å². The molecule has 1 unspecified atom stereocenters. The van der Waals surface area contributed by atoms with E-state index in [-0.39, 0.29) is 6.10 Å². The topological polar surface area (TPSA) is 20.2 Å². The van der Waals surface area contributed by atoms with Gasteiger partial charge in [-0.2, -0.15) is 0 Å². The van der Waals surface area contributed by atoms with Crippen molar-refractivity contribution in [3.63, 3.8) is 0 Å². The van der Waals surface area contributed by atoms with Crippen molar-refractivity contribution in [3.05, 3.63) is 12.2 Å². The molecule has 0 radical (unpaired) electrons. The predicted octanol–water partition coefficient (Wildman–Crippen LogP) is 2.19. The second-order valence-electron chi connectivity index (χ2n) is 3.85. The van der Waals surface area contributed by atoms with Gasteiger partial charge < -0.3 is 5.11 Å². The molecular formula is C10H18OSi. The van der Waals surface area contributed by atoms with Gasteiger partial charge >= 0.3 is 0 Å². The molecule has 1 N–H and O–H groups in total. The summed E-state index contributed by atoms with van der Waals surface area (Å²) in [6.45, 7) is 8.49. The van der Waals surface area contributed by atoms with Crippen LogP contribution in [0.5, 0.6) is 0 Å². The van der Waals surface area contributed by atoms with Crippen LogP contribution in [0.2, 0.25) is 19.6 Å². The van der Waals surface area contributed by atoms with E-state index in [9.17, 15) is 5.11 Å². The molecule has 0 bridgehead atoms. The SMILES string of the molecule is CC=CC(O)CC#C[Si](C)(C)C. The van der Waals surface area contributed by atoms with Gasteiger partial charge in [0.15, 0.2) is 0 Å². The molecule has 0 saturated carbocycles. The Morgan fingerprint density at radius 3 is 2.42 bits per heavy atom. The molecule has 68 valence electrons. The Kier molecular flexibility index (Phi) is 4.95. The zero-order chi connectivity index (χ0) is 9.61. The number of aliphatic hydroxyl groups excluding tert-OH is 1. The lowest BCUT2D eigenvalue weighted by atomic mass is 10.2. The number of hydrogen-bond donors (Lipinski definition) is 1. The Balaban J connectivity index is 3.87. The average Bonchev–Trinajstić information content (AvgIpc) is 1.84. The van der Waals surface area contributed by atoms with Crippen molar-refractivity contribution in [1.82, 2.24) is 0 Å². The summed E-state index contributed by atoms with van der Waals surface area (Å²) in [5.41, 5.74) is 3.21. The highest BCUT2D eigenvalue weighted by Gasteiger charge is 2.07. The molecule has 0 aromatic heterocycles. The number of aliphatic hydroxyl groups is 1. The lowest BCUT2D eigenvalue weighted by Crippen LogP contribution is -2.16. The largest absolute Gasteiger partial charge is 0.388 e. The molecule has 0 aliphatic rings. The monoisotopic (exact) mass is 182 g/mol. The third kappa shape index (κ3) is 7.58. The van der Waals surface area contributed by atoms with E-state index in [4.69, 9.17) is 0 Å². The molecule has 0 amide bonds. The fourth-order valence-electron chi connectivity index (χ4n) is 0.711. The summed E-state index contributed by atoms with van der Waals surface area (Å²) >= 11 is 0. The zero-order valence-electron chi connectivity index (χ0n) is 8.39. The van der Waals surface area contributed by atoms with Crippen molar-refractivity contribution in [3.8, 4) is 11.5 Å². The summed E-state index contributed by atoms with van der Waals surface area (Å²) in [6.07, 6.45) is 3.79. The van der Waals surface area contributed by atoms with E-state index < -0.39 is 8.07 Å². The molecule has 12 heavy (non-hydrogen) atoms. The van der Waals surface area contributed by atoms with Gasteiger partial charge in [0.1, 0.15) is 8.07 Å². The molecule has 0 fully saturated rings. The zero-order valence-corrected chi connectivity index (χ0v) is 9.39. The van der Waals surface area contributed by atoms with E-state index in [1.54, 1.807) is 6.08 Å². The molecule has 1 atom stereocenters. The van der Waals surface area contributed by atoms with Crippen molar-refractivity contribution >= 4 is 8.07 Å². The third-order valence-corrected chi connectivity index (χ3v) is 2.12. The molecule has 0 saturated heterocycles. The highest BCUT2D eigenvalue weighted by molar-refractivity contribution is 6.83. The second-order valence-corrected chi connectivity index (χ2v) is 8.60. The van der Waals surface area contributed by atoms with Crippen LogP contribution in [0, 0.1) is 11.5 Å². The smallest absolute Gasteiger partial charge is 0.129 e. The van der Waals surface area contributed by atoms with E-state index in [0.717, 1.165) is 0 Å². The maximum absolute atomic E-state index is 9.27.